The van der Waals surface area contributed by atoms with E-state index < -0.39 is 26.6 Å². The highest BCUT2D eigenvalue weighted by atomic mass is 32.2. The van der Waals surface area contributed by atoms with Crippen molar-refractivity contribution in [3.05, 3.63) is 59.7 Å². The quantitative estimate of drug-likeness (QED) is 0.613. The number of carbonyl (C=O) groups is 1. The first kappa shape index (κ1) is 21.6. The number of hydrogen-bond acceptors (Lipinski definition) is 6. The van der Waals surface area contributed by atoms with Crippen molar-refractivity contribution in [1.82, 2.24) is 14.4 Å². The van der Waals surface area contributed by atoms with Gasteiger partial charge in [0.25, 0.3) is 5.91 Å². The molecule has 3 aromatic rings. The number of anilines is 1. The van der Waals surface area contributed by atoms with Crippen LogP contribution in [-0.4, -0.2) is 41.9 Å². The van der Waals surface area contributed by atoms with E-state index in [1.807, 2.05) is 0 Å². The van der Waals surface area contributed by atoms with E-state index in [-0.39, 0.29) is 18.7 Å². The molecular formula is C20H21FN4O4S. The number of rotatable bonds is 7. The monoisotopic (exact) mass is 432 g/mol. The van der Waals surface area contributed by atoms with Crippen molar-refractivity contribution in [3.63, 3.8) is 0 Å². The van der Waals surface area contributed by atoms with E-state index in [0.717, 1.165) is 16.4 Å². The Morgan fingerprint density at radius 2 is 1.87 bits per heavy atom. The van der Waals surface area contributed by atoms with E-state index in [4.69, 9.17) is 4.52 Å². The average Bonchev–Trinajstić information content (AvgIpc) is 3.15. The lowest BCUT2D eigenvalue weighted by atomic mass is 10.1. The molecule has 1 amide bonds. The summed E-state index contributed by atoms with van der Waals surface area (Å²) in [5.74, 6) is -0.844. The van der Waals surface area contributed by atoms with E-state index in [9.17, 15) is 17.6 Å². The van der Waals surface area contributed by atoms with Gasteiger partial charge in [-0.25, -0.2) is 12.8 Å². The highest BCUT2D eigenvalue weighted by molar-refractivity contribution is 7.89. The summed E-state index contributed by atoms with van der Waals surface area (Å²) in [5, 5.41) is 6.55. The average molecular weight is 432 g/mol. The van der Waals surface area contributed by atoms with Crippen LogP contribution in [0, 0.1) is 12.7 Å². The number of aromatic nitrogens is 2. The second-order valence-corrected chi connectivity index (χ2v) is 8.28. The molecule has 2 aromatic carbocycles. The summed E-state index contributed by atoms with van der Waals surface area (Å²) >= 11 is 0. The Kier molecular flexibility index (Phi) is 6.28. The summed E-state index contributed by atoms with van der Waals surface area (Å²) in [6, 6.07) is 10.1. The van der Waals surface area contributed by atoms with Crippen LogP contribution in [0.2, 0.25) is 0 Å². The van der Waals surface area contributed by atoms with E-state index in [2.05, 4.69) is 15.5 Å². The number of nitrogens with one attached hydrogen (secondary N) is 1. The molecule has 0 unspecified atom stereocenters. The third-order valence-corrected chi connectivity index (χ3v) is 6.53. The number of halogens is 1. The molecule has 8 nitrogen and oxygen atoms in total. The lowest BCUT2D eigenvalue weighted by molar-refractivity contribution is 0.102. The zero-order valence-corrected chi connectivity index (χ0v) is 17.5. The lowest BCUT2D eigenvalue weighted by Gasteiger charge is -2.19. The summed E-state index contributed by atoms with van der Waals surface area (Å²) in [4.78, 5) is 16.4. The Morgan fingerprint density at radius 3 is 2.50 bits per heavy atom. The highest BCUT2D eigenvalue weighted by Gasteiger charge is 2.26. The van der Waals surface area contributed by atoms with Crippen molar-refractivity contribution in [3.8, 4) is 11.4 Å². The van der Waals surface area contributed by atoms with Gasteiger partial charge in [0.2, 0.25) is 21.7 Å². The second kappa shape index (κ2) is 8.72. The Balaban J connectivity index is 1.95. The molecule has 10 heteroatoms. The van der Waals surface area contributed by atoms with Gasteiger partial charge >= 0.3 is 0 Å². The van der Waals surface area contributed by atoms with Crippen LogP contribution in [0.3, 0.4) is 0 Å². The van der Waals surface area contributed by atoms with Gasteiger partial charge in [-0.2, -0.15) is 9.29 Å². The van der Waals surface area contributed by atoms with Gasteiger partial charge in [-0.3, -0.25) is 4.79 Å². The molecule has 3 rings (SSSR count). The van der Waals surface area contributed by atoms with Crippen LogP contribution in [0.4, 0.5) is 10.1 Å². The van der Waals surface area contributed by atoms with Crippen LogP contribution in [-0.2, 0) is 10.0 Å². The first-order valence-electron chi connectivity index (χ1n) is 9.28. The number of aryl methyl sites for hydroxylation is 1. The van der Waals surface area contributed by atoms with Crippen molar-refractivity contribution in [2.45, 2.75) is 25.7 Å². The fourth-order valence-corrected chi connectivity index (χ4v) is 4.48. The minimum atomic E-state index is -4.06. The number of hydrogen-bond donors (Lipinski definition) is 1. The minimum Gasteiger partial charge on any atom is -0.339 e. The highest BCUT2D eigenvalue weighted by Crippen LogP contribution is 2.27. The third-order valence-electron chi connectivity index (χ3n) is 4.46. The largest absolute Gasteiger partial charge is 0.339 e. The van der Waals surface area contributed by atoms with Gasteiger partial charge in [0, 0.05) is 31.1 Å². The molecule has 1 heterocycles. The second-order valence-electron chi connectivity index (χ2n) is 6.37. The van der Waals surface area contributed by atoms with E-state index in [1.165, 1.54) is 6.07 Å². The topological polar surface area (TPSA) is 105 Å². The first-order valence-corrected chi connectivity index (χ1v) is 10.7. The number of nitrogens with zero attached hydrogens (tertiary/aromatic N) is 3. The minimum absolute atomic E-state index is 0.00114. The van der Waals surface area contributed by atoms with E-state index in [1.54, 1.807) is 45.0 Å². The van der Waals surface area contributed by atoms with Gasteiger partial charge in [-0.15, -0.1) is 0 Å². The fraction of sp³-hybridized carbons (Fsp3) is 0.250. The number of carbonyl (C=O) groups excluding carboxylic acids is 1. The number of para-hydroxylation sites is 1. The standard InChI is InChI=1S/C20H21FN4O4S/c1-4-25(5-2)30(27,28)18-12-14(10-11-16(18)21)20(26)23-17-9-7-6-8-15(17)19-22-13(3)29-24-19/h6-12H,4-5H2,1-3H3,(H,23,26). The Hall–Kier alpha value is -3.11. The number of amides is 1. The molecule has 0 fully saturated rings. The Bertz CT molecular complexity index is 1170. The summed E-state index contributed by atoms with van der Waals surface area (Å²) in [6.07, 6.45) is 0. The first-order chi connectivity index (χ1) is 14.3. The van der Waals surface area contributed by atoms with Crippen molar-refractivity contribution >= 4 is 21.6 Å². The maximum Gasteiger partial charge on any atom is 0.255 e. The molecule has 0 aliphatic rings. The third kappa shape index (κ3) is 4.24. The van der Waals surface area contributed by atoms with Crippen LogP contribution < -0.4 is 5.32 Å². The van der Waals surface area contributed by atoms with Crippen molar-refractivity contribution in [1.29, 1.82) is 0 Å². The predicted octanol–water partition coefficient (Wildman–Crippen LogP) is 3.47. The molecule has 0 spiro atoms. The lowest BCUT2D eigenvalue weighted by Crippen LogP contribution is -2.31. The predicted molar refractivity (Wildman–Crippen MR) is 109 cm³/mol. The van der Waals surface area contributed by atoms with Crippen LogP contribution in [0.25, 0.3) is 11.4 Å². The molecule has 0 atom stereocenters. The molecule has 0 bridgehead atoms. The normalized spacial score (nSPS) is 11.6. The van der Waals surface area contributed by atoms with Crippen LogP contribution in [0.15, 0.2) is 51.9 Å². The Labute approximate surface area is 173 Å². The molecule has 0 radical (unpaired) electrons. The fourth-order valence-electron chi connectivity index (χ4n) is 2.94. The molecular weight excluding hydrogens is 411 g/mol. The smallest absolute Gasteiger partial charge is 0.255 e. The Morgan fingerprint density at radius 1 is 1.17 bits per heavy atom. The van der Waals surface area contributed by atoms with E-state index in [0.29, 0.717) is 23.0 Å². The van der Waals surface area contributed by atoms with Crippen molar-refractivity contribution in [2.24, 2.45) is 0 Å². The summed E-state index contributed by atoms with van der Waals surface area (Å²) < 4.78 is 45.9. The molecule has 0 saturated heterocycles. The van der Waals surface area contributed by atoms with Gasteiger partial charge in [-0.1, -0.05) is 31.1 Å². The van der Waals surface area contributed by atoms with Gasteiger partial charge in [0.15, 0.2) is 0 Å². The van der Waals surface area contributed by atoms with Gasteiger partial charge in [0.1, 0.15) is 10.7 Å². The zero-order valence-electron chi connectivity index (χ0n) is 16.7. The van der Waals surface area contributed by atoms with Crippen molar-refractivity contribution < 1.29 is 22.1 Å². The summed E-state index contributed by atoms with van der Waals surface area (Å²) in [6.45, 7) is 5.34. The SMILES string of the molecule is CCN(CC)S(=O)(=O)c1cc(C(=O)Nc2ccccc2-c2noc(C)n2)ccc1F. The van der Waals surface area contributed by atoms with Crippen LogP contribution >= 0.6 is 0 Å². The van der Waals surface area contributed by atoms with Gasteiger partial charge in [0.05, 0.1) is 5.69 Å². The molecule has 0 aliphatic carbocycles. The zero-order chi connectivity index (χ0) is 21.9. The molecule has 30 heavy (non-hydrogen) atoms. The molecule has 0 saturated carbocycles. The maximum absolute atomic E-state index is 14.3. The van der Waals surface area contributed by atoms with Crippen LogP contribution in [0.1, 0.15) is 30.1 Å². The van der Waals surface area contributed by atoms with Gasteiger partial charge in [-0.05, 0) is 30.3 Å². The van der Waals surface area contributed by atoms with Crippen LogP contribution in [0.5, 0.6) is 0 Å². The summed E-state index contributed by atoms with van der Waals surface area (Å²) in [7, 11) is -4.06. The molecule has 1 N–H and O–H groups in total. The molecule has 158 valence electrons. The summed E-state index contributed by atoms with van der Waals surface area (Å²) in [5.41, 5.74) is 0.933. The molecule has 0 aliphatic heterocycles. The molecule has 1 aromatic heterocycles. The number of benzene rings is 2. The number of sulfonamides is 1. The van der Waals surface area contributed by atoms with Gasteiger partial charge < -0.3 is 9.84 Å². The maximum atomic E-state index is 14.3. The van der Waals surface area contributed by atoms with E-state index >= 15 is 0 Å². The van der Waals surface area contributed by atoms with Crippen molar-refractivity contribution in [2.75, 3.05) is 18.4 Å².